The maximum absolute atomic E-state index is 12.2. The quantitative estimate of drug-likeness (QED) is 0.718. The Balaban J connectivity index is 0.00000312. The zero-order chi connectivity index (χ0) is 17.5. The topological polar surface area (TPSA) is 93.5 Å². The number of nitrogens with two attached hydrogens (primary N) is 1. The van der Waals surface area contributed by atoms with E-state index in [1.54, 1.807) is 24.3 Å². The van der Waals surface area contributed by atoms with Gasteiger partial charge in [-0.05, 0) is 48.9 Å². The van der Waals surface area contributed by atoms with E-state index in [1.165, 1.54) is 0 Å². The van der Waals surface area contributed by atoms with Crippen LogP contribution < -0.4 is 16.4 Å². The average Bonchev–Trinajstić information content (AvgIpc) is 2.56. The first-order valence-electron chi connectivity index (χ1n) is 8.50. The molecule has 25 heavy (non-hydrogen) atoms. The van der Waals surface area contributed by atoms with Crippen LogP contribution in [0.15, 0.2) is 24.3 Å². The average molecular weight is 370 g/mol. The van der Waals surface area contributed by atoms with Crippen LogP contribution in [0.4, 0.5) is 11.4 Å². The molecule has 1 unspecified atom stereocenters. The first-order valence-corrected chi connectivity index (χ1v) is 8.50. The Morgan fingerprint density at radius 1 is 1.12 bits per heavy atom. The van der Waals surface area contributed by atoms with Crippen molar-refractivity contribution in [3.63, 3.8) is 0 Å². The molecule has 1 heterocycles. The normalized spacial score (nSPS) is 16.0. The third-order valence-electron chi connectivity index (χ3n) is 4.11. The lowest BCUT2D eigenvalue weighted by molar-refractivity contribution is -0.119. The molecule has 2 amide bonds. The van der Waals surface area contributed by atoms with Crippen molar-refractivity contribution in [2.75, 3.05) is 23.8 Å². The summed E-state index contributed by atoms with van der Waals surface area (Å²) in [5.41, 5.74) is 7.44. The fraction of sp³-hybridized carbons (Fsp3) is 0.556. The van der Waals surface area contributed by atoms with Gasteiger partial charge in [0.25, 0.3) is 0 Å². The molecule has 0 aromatic heterocycles. The van der Waals surface area contributed by atoms with E-state index in [9.17, 15) is 9.59 Å². The number of carbonyl (C=O) groups is 2. The molecule has 4 N–H and O–H groups in total. The van der Waals surface area contributed by atoms with E-state index in [2.05, 4.69) is 10.6 Å². The van der Waals surface area contributed by atoms with Crippen LogP contribution in [-0.2, 0) is 14.3 Å². The third-order valence-corrected chi connectivity index (χ3v) is 4.11. The van der Waals surface area contributed by atoms with Gasteiger partial charge >= 0.3 is 0 Å². The molecule has 1 aliphatic rings. The number of rotatable bonds is 6. The van der Waals surface area contributed by atoms with Crippen LogP contribution in [0.25, 0.3) is 0 Å². The molecule has 0 saturated carbocycles. The first kappa shape index (κ1) is 21.4. The number of benzene rings is 1. The fourth-order valence-electron chi connectivity index (χ4n) is 2.73. The van der Waals surface area contributed by atoms with Gasteiger partial charge in [-0.2, -0.15) is 0 Å². The Bertz CT molecular complexity index is 557. The Morgan fingerprint density at radius 2 is 1.64 bits per heavy atom. The summed E-state index contributed by atoms with van der Waals surface area (Å²) in [6, 6.07) is 6.54. The minimum absolute atomic E-state index is 0. The SMILES string of the molecule is CC(C)CC(=O)Nc1ccc(NC(=O)C(N)C2CCOCC2)cc1.Cl. The van der Waals surface area contributed by atoms with E-state index in [-0.39, 0.29) is 30.1 Å². The summed E-state index contributed by atoms with van der Waals surface area (Å²) in [5.74, 6) is 0.283. The fourth-order valence-corrected chi connectivity index (χ4v) is 2.73. The number of hydrogen-bond donors (Lipinski definition) is 3. The highest BCUT2D eigenvalue weighted by Gasteiger charge is 2.26. The summed E-state index contributed by atoms with van der Waals surface area (Å²) >= 11 is 0. The maximum Gasteiger partial charge on any atom is 0.241 e. The number of ether oxygens (including phenoxy) is 1. The summed E-state index contributed by atoms with van der Waals surface area (Å²) in [4.78, 5) is 24.0. The number of halogens is 1. The van der Waals surface area contributed by atoms with Crippen molar-refractivity contribution < 1.29 is 14.3 Å². The van der Waals surface area contributed by atoms with Gasteiger partial charge in [0, 0.05) is 31.0 Å². The molecule has 1 fully saturated rings. The van der Waals surface area contributed by atoms with Gasteiger partial charge in [-0.25, -0.2) is 0 Å². The Kier molecular flexibility index (Phi) is 8.89. The van der Waals surface area contributed by atoms with Gasteiger partial charge in [-0.3, -0.25) is 9.59 Å². The molecule has 0 bridgehead atoms. The van der Waals surface area contributed by atoms with E-state index < -0.39 is 6.04 Å². The molecule has 1 saturated heterocycles. The first-order chi connectivity index (χ1) is 11.5. The zero-order valence-electron chi connectivity index (χ0n) is 14.8. The van der Waals surface area contributed by atoms with Gasteiger partial charge in [-0.1, -0.05) is 13.8 Å². The highest BCUT2D eigenvalue weighted by molar-refractivity contribution is 5.95. The van der Waals surface area contributed by atoms with Crippen molar-refractivity contribution >= 4 is 35.6 Å². The lowest BCUT2D eigenvalue weighted by atomic mass is 9.92. The molecular formula is C18H28ClN3O3. The van der Waals surface area contributed by atoms with E-state index in [1.807, 2.05) is 13.8 Å². The van der Waals surface area contributed by atoms with Gasteiger partial charge < -0.3 is 21.1 Å². The molecule has 1 aromatic rings. The number of carbonyl (C=O) groups excluding carboxylic acids is 2. The van der Waals surface area contributed by atoms with Crippen LogP contribution >= 0.6 is 12.4 Å². The van der Waals surface area contributed by atoms with Gasteiger partial charge in [0.05, 0.1) is 6.04 Å². The Morgan fingerprint density at radius 3 is 2.16 bits per heavy atom. The number of anilines is 2. The summed E-state index contributed by atoms with van der Waals surface area (Å²) in [7, 11) is 0. The van der Waals surface area contributed by atoms with Crippen molar-refractivity contribution in [3.8, 4) is 0 Å². The molecule has 1 aromatic carbocycles. The molecule has 2 rings (SSSR count). The van der Waals surface area contributed by atoms with Gasteiger partial charge in [0.15, 0.2) is 0 Å². The molecule has 7 heteroatoms. The summed E-state index contributed by atoms with van der Waals surface area (Å²) in [6.07, 6.45) is 2.11. The van der Waals surface area contributed by atoms with Crippen molar-refractivity contribution in [1.29, 1.82) is 0 Å². The van der Waals surface area contributed by atoms with Crippen molar-refractivity contribution in [2.24, 2.45) is 17.6 Å². The monoisotopic (exact) mass is 369 g/mol. The van der Waals surface area contributed by atoms with Gasteiger partial charge in [0.2, 0.25) is 11.8 Å². The smallest absolute Gasteiger partial charge is 0.241 e. The number of amides is 2. The highest BCUT2D eigenvalue weighted by atomic mass is 35.5. The Hall–Kier alpha value is -1.63. The van der Waals surface area contributed by atoms with Crippen LogP contribution in [0, 0.1) is 11.8 Å². The summed E-state index contributed by atoms with van der Waals surface area (Å²) in [6.45, 7) is 5.33. The van der Waals surface area contributed by atoms with Crippen molar-refractivity contribution in [1.82, 2.24) is 0 Å². The molecule has 1 atom stereocenters. The lowest BCUT2D eigenvalue weighted by Crippen LogP contribution is -2.43. The van der Waals surface area contributed by atoms with Crippen molar-refractivity contribution in [3.05, 3.63) is 24.3 Å². The van der Waals surface area contributed by atoms with Gasteiger partial charge in [-0.15, -0.1) is 12.4 Å². The maximum atomic E-state index is 12.2. The van der Waals surface area contributed by atoms with Crippen LogP contribution in [0.5, 0.6) is 0 Å². The Labute approximate surface area is 155 Å². The second kappa shape index (κ2) is 10.4. The third kappa shape index (κ3) is 7.02. The van der Waals surface area contributed by atoms with Gasteiger partial charge in [0.1, 0.15) is 0 Å². The highest BCUT2D eigenvalue weighted by Crippen LogP contribution is 2.20. The van der Waals surface area contributed by atoms with E-state index in [0.29, 0.717) is 36.9 Å². The standard InChI is InChI=1S/C18H27N3O3.ClH/c1-12(2)11-16(22)20-14-3-5-15(6-4-14)21-18(23)17(19)13-7-9-24-10-8-13;/h3-6,12-13,17H,7-11,19H2,1-2H3,(H,20,22)(H,21,23);1H. The summed E-state index contributed by atoms with van der Waals surface area (Å²) < 4.78 is 5.29. The molecule has 140 valence electrons. The molecule has 0 aliphatic carbocycles. The predicted octanol–water partition coefficient (Wildman–Crippen LogP) is 2.79. The molecule has 1 aliphatic heterocycles. The van der Waals surface area contributed by atoms with E-state index in [0.717, 1.165) is 12.8 Å². The zero-order valence-corrected chi connectivity index (χ0v) is 15.6. The van der Waals surface area contributed by atoms with Crippen molar-refractivity contribution in [2.45, 2.75) is 39.2 Å². The number of hydrogen-bond acceptors (Lipinski definition) is 4. The van der Waals surface area contributed by atoms with Crippen LogP contribution in [0.2, 0.25) is 0 Å². The summed E-state index contributed by atoms with van der Waals surface area (Å²) in [5, 5.41) is 5.67. The lowest BCUT2D eigenvalue weighted by Gasteiger charge is -2.26. The molecule has 0 radical (unpaired) electrons. The molecular weight excluding hydrogens is 342 g/mol. The minimum atomic E-state index is -0.528. The van der Waals surface area contributed by atoms with E-state index >= 15 is 0 Å². The number of nitrogens with one attached hydrogen (secondary N) is 2. The second-order valence-electron chi connectivity index (χ2n) is 6.69. The predicted molar refractivity (Wildman–Crippen MR) is 102 cm³/mol. The minimum Gasteiger partial charge on any atom is -0.381 e. The molecule has 0 spiro atoms. The largest absolute Gasteiger partial charge is 0.381 e. The van der Waals surface area contributed by atoms with E-state index in [4.69, 9.17) is 10.5 Å². The van der Waals surface area contributed by atoms with Crippen LogP contribution in [0.3, 0.4) is 0 Å². The van der Waals surface area contributed by atoms with Crippen LogP contribution in [-0.4, -0.2) is 31.1 Å². The molecule has 6 nitrogen and oxygen atoms in total. The van der Waals surface area contributed by atoms with Crippen LogP contribution in [0.1, 0.15) is 33.1 Å². The second-order valence-corrected chi connectivity index (χ2v) is 6.69.